The molecule has 1 aromatic carbocycles. The third kappa shape index (κ3) is 2.69. The summed E-state index contributed by atoms with van der Waals surface area (Å²) >= 11 is 0. The highest BCUT2D eigenvalue weighted by Crippen LogP contribution is 2.32. The minimum Gasteiger partial charge on any atom is -0.373 e. The van der Waals surface area contributed by atoms with Crippen molar-refractivity contribution >= 4 is 11.6 Å². The second kappa shape index (κ2) is 5.04. The molecule has 7 heteroatoms. The first-order chi connectivity index (χ1) is 9.32. The van der Waals surface area contributed by atoms with Crippen LogP contribution in [-0.4, -0.2) is 30.4 Å². The predicted octanol–water partition coefficient (Wildman–Crippen LogP) is 2.22. The van der Waals surface area contributed by atoms with Gasteiger partial charge in [-0.1, -0.05) is 0 Å². The first kappa shape index (κ1) is 14.2. The van der Waals surface area contributed by atoms with Gasteiger partial charge in [-0.25, -0.2) is 0 Å². The highest BCUT2D eigenvalue weighted by Gasteiger charge is 2.32. The molecule has 1 fully saturated rings. The van der Waals surface area contributed by atoms with Crippen molar-refractivity contribution in [2.45, 2.75) is 18.6 Å². The third-order valence-electron chi connectivity index (χ3n) is 3.22. The van der Waals surface area contributed by atoms with E-state index in [1.165, 1.54) is 11.0 Å². The van der Waals surface area contributed by atoms with Crippen LogP contribution in [0.4, 0.5) is 18.9 Å². The highest BCUT2D eigenvalue weighted by atomic mass is 19.4. The van der Waals surface area contributed by atoms with Crippen LogP contribution in [0.3, 0.4) is 0 Å². The van der Waals surface area contributed by atoms with Crippen molar-refractivity contribution in [2.24, 2.45) is 0 Å². The van der Waals surface area contributed by atoms with Crippen LogP contribution in [0.25, 0.3) is 0 Å². The zero-order chi connectivity index (χ0) is 14.9. The zero-order valence-corrected chi connectivity index (χ0v) is 10.7. The third-order valence-corrected chi connectivity index (χ3v) is 3.22. The average Bonchev–Trinajstić information content (AvgIpc) is 2.70. The molecule has 1 aliphatic heterocycles. The summed E-state index contributed by atoms with van der Waals surface area (Å²) in [4.78, 5) is 13.3. The van der Waals surface area contributed by atoms with Gasteiger partial charge < -0.3 is 10.2 Å². The molecule has 20 heavy (non-hydrogen) atoms. The minimum atomic E-state index is -4.49. The summed E-state index contributed by atoms with van der Waals surface area (Å²) in [6.45, 7) is 0.582. The first-order valence-electron chi connectivity index (χ1n) is 5.96. The Labute approximate surface area is 113 Å². The van der Waals surface area contributed by atoms with Gasteiger partial charge in [0.25, 0.3) is 0 Å². The molecule has 106 valence electrons. The summed E-state index contributed by atoms with van der Waals surface area (Å²) < 4.78 is 37.7. The maximum absolute atomic E-state index is 12.6. The largest absolute Gasteiger partial charge is 0.416 e. The number of alkyl halides is 3. The van der Waals surface area contributed by atoms with Gasteiger partial charge >= 0.3 is 6.18 Å². The minimum absolute atomic E-state index is 0.123. The van der Waals surface area contributed by atoms with E-state index in [2.05, 4.69) is 5.32 Å². The fourth-order valence-electron chi connectivity index (χ4n) is 2.08. The van der Waals surface area contributed by atoms with Crippen LogP contribution in [0.5, 0.6) is 0 Å². The Balaban J connectivity index is 2.25. The van der Waals surface area contributed by atoms with Crippen LogP contribution in [0.1, 0.15) is 17.5 Å². The number of halogens is 3. The van der Waals surface area contributed by atoms with E-state index in [1.807, 2.05) is 0 Å². The number of likely N-dealkylation sites (tertiary alicyclic amines) is 1. The Hall–Kier alpha value is -2.23. The molecule has 1 saturated heterocycles. The van der Waals surface area contributed by atoms with Crippen molar-refractivity contribution in [3.8, 4) is 6.07 Å². The van der Waals surface area contributed by atoms with Gasteiger partial charge in [-0.3, -0.25) is 4.79 Å². The van der Waals surface area contributed by atoms with Crippen LogP contribution < -0.4 is 5.32 Å². The van der Waals surface area contributed by atoms with E-state index < -0.39 is 17.8 Å². The summed E-state index contributed by atoms with van der Waals surface area (Å²) in [7, 11) is 1.65. The van der Waals surface area contributed by atoms with E-state index in [1.54, 1.807) is 13.1 Å². The SMILES string of the molecule is CN1CCC(Nc2ccc(C(F)(F)F)cc2C#N)C1=O. The van der Waals surface area contributed by atoms with Crippen molar-refractivity contribution in [1.82, 2.24) is 4.90 Å². The zero-order valence-electron chi connectivity index (χ0n) is 10.7. The number of hydrogen-bond donors (Lipinski definition) is 1. The van der Waals surface area contributed by atoms with Crippen LogP contribution in [0, 0.1) is 11.3 Å². The van der Waals surface area contributed by atoms with Gasteiger partial charge in [0.2, 0.25) is 5.91 Å². The van der Waals surface area contributed by atoms with E-state index in [0.717, 1.165) is 12.1 Å². The van der Waals surface area contributed by atoms with Gasteiger partial charge in [0.05, 0.1) is 16.8 Å². The molecule has 0 spiro atoms. The molecule has 1 heterocycles. The molecule has 1 aliphatic rings. The Kier molecular flexibility index (Phi) is 3.57. The number of carbonyl (C=O) groups is 1. The average molecular weight is 283 g/mol. The fourth-order valence-corrected chi connectivity index (χ4v) is 2.08. The number of benzene rings is 1. The van der Waals surface area contributed by atoms with Crippen molar-refractivity contribution in [2.75, 3.05) is 18.9 Å². The molecule has 1 unspecified atom stereocenters. The normalized spacial score (nSPS) is 19.1. The Bertz CT molecular complexity index is 577. The molecule has 1 N–H and O–H groups in total. The second-order valence-electron chi connectivity index (χ2n) is 4.62. The molecular weight excluding hydrogens is 271 g/mol. The number of anilines is 1. The number of hydrogen-bond acceptors (Lipinski definition) is 3. The number of likely N-dealkylation sites (N-methyl/N-ethyl adjacent to an activating group) is 1. The van der Waals surface area contributed by atoms with Gasteiger partial charge in [0.1, 0.15) is 12.1 Å². The van der Waals surface area contributed by atoms with E-state index in [0.29, 0.717) is 13.0 Å². The molecule has 1 amide bonds. The summed E-state index contributed by atoms with van der Waals surface area (Å²) in [6, 6.07) is 4.09. The lowest BCUT2D eigenvalue weighted by Crippen LogP contribution is -2.31. The van der Waals surface area contributed by atoms with Crippen molar-refractivity contribution in [3.63, 3.8) is 0 Å². The van der Waals surface area contributed by atoms with Crippen molar-refractivity contribution in [1.29, 1.82) is 5.26 Å². The van der Waals surface area contributed by atoms with E-state index in [9.17, 15) is 18.0 Å². The van der Waals surface area contributed by atoms with Crippen LogP contribution in [0.2, 0.25) is 0 Å². The molecule has 0 aliphatic carbocycles. The van der Waals surface area contributed by atoms with Crippen molar-refractivity contribution in [3.05, 3.63) is 29.3 Å². The Morgan fingerprint density at radius 3 is 2.65 bits per heavy atom. The van der Waals surface area contributed by atoms with Gasteiger partial charge in [0, 0.05) is 13.6 Å². The molecular formula is C13H12F3N3O. The lowest BCUT2D eigenvalue weighted by Gasteiger charge is -2.15. The van der Waals surface area contributed by atoms with Gasteiger partial charge in [0.15, 0.2) is 0 Å². The monoisotopic (exact) mass is 283 g/mol. The van der Waals surface area contributed by atoms with Crippen LogP contribution in [-0.2, 0) is 11.0 Å². The molecule has 0 radical (unpaired) electrons. The molecule has 1 atom stereocenters. The van der Waals surface area contributed by atoms with Crippen LogP contribution in [0.15, 0.2) is 18.2 Å². The standard InChI is InChI=1S/C13H12F3N3O/c1-19-5-4-11(12(19)20)18-10-3-2-9(13(14,15)16)6-8(10)7-17/h2-3,6,11,18H,4-5H2,1H3. The lowest BCUT2D eigenvalue weighted by atomic mass is 10.1. The van der Waals surface area contributed by atoms with Crippen LogP contribution >= 0.6 is 0 Å². The Morgan fingerprint density at radius 2 is 2.15 bits per heavy atom. The van der Waals surface area contributed by atoms with Gasteiger partial charge in [-0.2, -0.15) is 18.4 Å². The second-order valence-corrected chi connectivity index (χ2v) is 4.62. The van der Waals surface area contributed by atoms with Gasteiger partial charge in [-0.15, -0.1) is 0 Å². The smallest absolute Gasteiger partial charge is 0.373 e. The molecule has 1 aromatic rings. The van der Waals surface area contributed by atoms with Crippen molar-refractivity contribution < 1.29 is 18.0 Å². The quantitative estimate of drug-likeness (QED) is 0.905. The molecule has 2 rings (SSSR count). The summed E-state index contributed by atoms with van der Waals surface area (Å²) in [5, 5.41) is 11.8. The highest BCUT2D eigenvalue weighted by molar-refractivity contribution is 5.87. The van der Waals surface area contributed by atoms with Gasteiger partial charge in [-0.05, 0) is 24.6 Å². The molecule has 0 bridgehead atoms. The topological polar surface area (TPSA) is 56.1 Å². The molecule has 0 aromatic heterocycles. The Morgan fingerprint density at radius 1 is 1.45 bits per heavy atom. The predicted molar refractivity (Wildman–Crippen MR) is 65.8 cm³/mol. The first-order valence-corrected chi connectivity index (χ1v) is 5.96. The number of nitrogens with zero attached hydrogens (tertiary/aromatic N) is 2. The number of carbonyl (C=O) groups excluding carboxylic acids is 1. The summed E-state index contributed by atoms with van der Waals surface area (Å²) in [5.41, 5.74) is -0.759. The number of nitriles is 1. The number of nitrogens with one attached hydrogen (secondary N) is 1. The molecule has 0 saturated carbocycles. The van der Waals surface area contributed by atoms with E-state index >= 15 is 0 Å². The summed E-state index contributed by atoms with van der Waals surface area (Å²) in [6.07, 6.45) is -3.94. The maximum atomic E-state index is 12.6. The summed E-state index contributed by atoms with van der Waals surface area (Å²) in [5.74, 6) is -0.131. The molecule has 4 nitrogen and oxygen atoms in total. The fraction of sp³-hybridized carbons (Fsp3) is 0.385. The lowest BCUT2D eigenvalue weighted by molar-refractivity contribution is -0.137. The van der Waals surface area contributed by atoms with E-state index in [4.69, 9.17) is 5.26 Å². The maximum Gasteiger partial charge on any atom is 0.416 e. The van der Waals surface area contributed by atoms with E-state index in [-0.39, 0.29) is 17.2 Å². The number of rotatable bonds is 2. The number of amides is 1.